The molecule has 0 atom stereocenters. The Morgan fingerprint density at radius 2 is 1.00 bits per heavy atom. The Labute approximate surface area is 260 Å². The second-order valence-corrected chi connectivity index (χ2v) is 11.5. The van der Waals surface area contributed by atoms with Gasteiger partial charge in [0.2, 0.25) is 0 Å². The van der Waals surface area contributed by atoms with E-state index in [0.29, 0.717) is 0 Å². The molecule has 45 heavy (non-hydrogen) atoms. The second kappa shape index (κ2) is 10.3. The van der Waals surface area contributed by atoms with Crippen LogP contribution in [0.15, 0.2) is 168 Å². The molecule has 0 radical (unpaired) electrons. The van der Waals surface area contributed by atoms with E-state index in [4.69, 9.17) is 9.40 Å². The normalized spacial score (nSPS) is 11.6. The lowest BCUT2D eigenvalue weighted by molar-refractivity contribution is 0.673. The third-order valence-corrected chi connectivity index (χ3v) is 8.88. The minimum atomic E-state index is 0.866. The van der Waals surface area contributed by atoms with E-state index in [1.807, 2.05) is 6.07 Å². The molecule has 7 aromatic carbocycles. The van der Waals surface area contributed by atoms with Gasteiger partial charge in [-0.3, -0.25) is 0 Å². The van der Waals surface area contributed by atoms with Crippen LogP contribution < -0.4 is 0 Å². The van der Waals surface area contributed by atoms with E-state index in [2.05, 4.69) is 158 Å². The van der Waals surface area contributed by atoms with Gasteiger partial charge >= 0.3 is 0 Å². The second-order valence-electron chi connectivity index (χ2n) is 11.5. The van der Waals surface area contributed by atoms with Crippen LogP contribution in [-0.4, -0.2) is 4.98 Å². The highest BCUT2D eigenvalue weighted by Gasteiger charge is 2.18. The van der Waals surface area contributed by atoms with Crippen molar-refractivity contribution in [1.82, 2.24) is 4.98 Å². The number of furan rings is 1. The van der Waals surface area contributed by atoms with Gasteiger partial charge in [-0.25, -0.2) is 4.98 Å². The zero-order valence-corrected chi connectivity index (χ0v) is 24.4. The SMILES string of the molecule is c1ccc(-c2cc(-c3ccc(-c4ccccc4)c4ccccc34)cc(-c3cccc4oc5c6ccccc6ccc5c34)n2)cc1. The molecule has 0 amide bonds. The average molecular weight is 574 g/mol. The Kier molecular flexibility index (Phi) is 5.85. The van der Waals surface area contributed by atoms with Crippen LogP contribution in [0, 0.1) is 0 Å². The van der Waals surface area contributed by atoms with Crippen LogP contribution in [0.2, 0.25) is 0 Å². The molecule has 0 unspecified atom stereocenters. The van der Waals surface area contributed by atoms with E-state index < -0.39 is 0 Å². The van der Waals surface area contributed by atoms with Gasteiger partial charge in [0.1, 0.15) is 11.2 Å². The number of fused-ring (bicyclic) bond motifs is 6. The quantitative estimate of drug-likeness (QED) is 0.209. The number of nitrogens with zero attached hydrogens (tertiary/aromatic N) is 1. The molecule has 0 N–H and O–H groups in total. The highest BCUT2D eigenvalue weighted by molar-refractivity contribution is 6.19. The van der Waals surface area contributed by atoms with E-state index in [1.54, 1.807) is 0 Å². The predicted octanol–water partition coefficient (Wildman–Crippen LogP) is 12.0. The number of rotatable bonds is 4. The molecule has 0 aliphatic rings. The lowest BCUT2D eigenvalue weighted by atomic mass is 9.91. The molecule has 2 nitrogen and oxygen atoms in total. The van der Waals surface area contributed by atoms with E-state index in [-0.39, 0.29) is 0 Å². The number of benzene rings is 7. The summed E-state index contributed by atoms with van der Waals surface area (Å²) in [5, 5.41) is 6.93. The molecule has 2 heteroatoms. The first-order chi connectivity index (χ1) is 22.3. The van der Waals surface area contributed by atoms with Gasteiger partial charge in [0.05, 0.1) is 11.4 Å². The highest BCUT2D eigenvalue weighted by atomic mass is 16.3. The highest BCUT2D eigenvalue weighted by Crippen LogP contribution is 2.42. The van der Waals surface area contributed by atoms with Crippen molar-refractivity contribution in [3.8, 4) is 44.8 Å². The largest absolute Gasteiger partial charge is 0.455 e. The molecule has 0 fully saturated rings. The van der Waals surface area contributed by atoms with Crippen molar-refractivity contribution in [2.24, 2.45) is 0 Å². The molecule has 0 aliphatic carbocycles. The summed E-state index contributed by atoms with van der Waals surface area (Å²) >= 11 is 0. The smallest absolute Gasteiger partial charge is 0.143 e. The fourth-order valence-corrected chi connectivity index (χ4v) is 6.77. The molecular weight excluding hydrogens is 546 g/mol. The van der Waals surface area contributed by atoms with Crippen LogP contribution >= 0.6 is 0 Å². The molecule has 2 heterocycles. The van der Waals surface area contributed by atoms with Crippen LogP contribution in [0.3, 0.4) is 0 Å². The topological polar surface area (TPSA) is 26.0 Å². The third kappa shape index (κ3) is 4.22. The van der Waals surface area contributed by atoms with E-state index in [9.17, 15) is 0 Å². The zero-order valence-electron chi connectivity index (χ0n) is 24.4. The van der Waals surface area contributed by atoms with Crippen LogP contribution in [0.1, 0.15) is 0 Å². The van der Waals surface area contributed by atoms with Crippen molar-refractivity contribution in [1.29, 1.82) is 0 Å². The minimum Gasteiger partial charge on any atom is -0.455 e. The van der Waals surface area contributed by atoms with Crippen LogP contribution in [0.4, 0.5) is 0 Å². The Balaban J connectivity index is 1.32. The zero-order chi connectivity index (χ0) is 29.7. The molecule has 2 aromatic heterocycles. The van der Waals surface area contributed by atoms with Crippen molar-refractivity contribution in [3.63, 3.8) is 0 Å². The van der Waals surface area contributed by atoms with Gasteiger partial charge in [0.15, 0.2) is 0 Å². The van der Waals surface area contributed by atoms with Gasteiger partial charge in [-0.05, 0) is 62.7 Å². The third-order valence-electron chi connectivity index (χ3n) is 8.88. The summed E-state index contributed by atoms with van der Waals surface area (Å²) in [4.78, 5) is 5.30. The maximum atomic E-state index is 6.54. The molecule has 0 spiro atoms. The molecule has 0 bridgehead atoms. The Hall–Kier alpha value is -5.99. The van der Waals surface area contributed by atoms with Crippen LogP contribution in [0.25, 0.3) is 88.3 Å². The number of pyridine rings is 1. The van der Waals surface area contributed by atoms with Crippen molar-refractivity contribution < 1.29 is 4.42 Å². The van der Waals surface area contributed by atoms with Gasteiger partial charge in [-0.1, -0.05) is 140 Å². The van der Waals surface area contributed by atoms with Crippen molar-refractivity contribution in [3.05, 3.63) is 164 Å². The summed E-state index contributed by atoms with van der Waals surface area (Å²) in [5.41, 5.74) is 10.5. The van der Waals surface area contributed by atoms with Gasteiger partial charge < -0.3 is 4.42 Å². The average Bonchev–Trinajstić information content (AvgIpc) is 3.51. The summed E-state index contributed by atoms with van der Waals surface area (Å²) in [6.07, 6.45) is 0. The number of hydrogen-bond donors (Lipinski definition) is 0. The van der Waals surface area contributed by atoms with E-state index in [1.165, 1.54) is 32.8 Å². The van der Waals surface area contributed by atoms with Crippen molar-refractivity contribution >= 4 is 43.5 Å². The van der Waals surface area contributed by atoms with E-state index >= 15 is 0 Å². The van der Waals surface area contributed by atoms with Gasteiger partial charge in [-0.15, -0.1) is 0 Å². The van der Waals surface area contributed by atoms with Crippen molar-refractivity contribution in [2.75, 3.05) is 0 Å². The summed E-state index contributed by atoms with van der Waals surface area (Å²) in [5.74, 6) is 0. The fourth-order valence-electron chi connectivity index (χ4n) is 6.77. The first kappa shape index (κ1) is 25.5. The molecule has 9 rings (SSSR count). The predicted molar refractivity (Wildman–Crippen MR) is 188 cm³/mol. The standard InChI is InChI=1S/C43H27NO/c1-3-12-28(13-4-1)32-24-25-33(36-19-10-9-18-35(32)36)31-26-39(30-15-5-2-6-16-30)44-40(27-31)37-20-11-21-41-42(37)38-23-22-29-14-7-8-17-34(29)43(38)45-41/h1-27H. The lowest BCUT2D eigenvalue weighted by Gasteiger charge is -2.15. The van der Waals surface area contributed by atoms with Gasteiger partial charge in [-0.2, -0.15) is 0 Å². The molecule has 9 aromatic rings. The lowest BCUT2D eigenvalue weighted by Crippen LogP contribution is -1.93. The van der Waals surface area contributed by atoms with Gasteiger partial charge in [0.25, 0.3) is 0 Å². The summed E-state index contributed by atoms with van der Waals surface area (Å²) in [6.45, 7) is 0. The molecule has 0 aliphatic heterocycles. The summed E-state index contributed by atoms with van der Waals surface area (Å²) in [7, 11) is 0. The van der Waals surface area contributed by atoms with E-state index in [0.717, 1.165) is 55.4 Å². The van der Waals surface area contributed by atoms with Gasteiger partial charge in [0, 0.05) is 27.3 Å². The number of aromatic nitrogens is 1. The molecule has 0 saturated heterocycles. The van der Waals surface area contributed by atoms with Crippen LogP contribution in [0.5, 0.6) is 0 Å². The minimum absolute atomic E-state index is 0.866. The Morgan fingerprint density at radius 3 is 1.76 bits per heavy atom. The Morgan fingerprint density at radius 1 is 0.378 bits per heavy atom. The Bertz CT molecular complexity index is 2530. The summed E-state index contributed by atoms with van der Waals surface area (Å²) < 4.78 is 6.54. The molecule has 0 saturated carbocycles. The summed E-state index contributed by atoms with van der Waals surface area (Å²) in [6, 6.07) is 57.9. The molecular formula is C43H27NO. The molecule has 210 valence electrons. The first-order valence-electron chi connectivity index (χ1n) is 15.3. The fraction of sp³-hybridized carbons (Fsp3) is 0. The maximum Gasteiger partial charge on any atom is 0.143 e. The first-order valence-corrected chi connectivity index (χ1v) is 15.3. The number of hydrogen-bond acceptors (Lipinski definition) is 2. The van der Waals surface area contributed by atoms with Crippen LogP contribution in [-0.2, 0) is 0 Å². The monoisotopic (exact) mass is 573 g/mol. The van der Waals surface area contributed by atoms with Crippen molar-refractivity contribution in [2.45, 2.75) is 0 Å². The maximum absolute atomic E-state index is 6.54.